The summed E-state index contributed by atoms with van der Waals surface area (Å²) < 4.78 is 56.5. The van der Waals surface area contributed by atoms with Gasteiger partial charge in [0.05, 0.1) is 45.5 Å². The van der Waals surface area contributed by atoms with Crippen molar-refractivity contribution in [2.24, 2.45) is 0 Å². The van der Waals surface area contributed by atoms with Crippen LogP contribution >= 0.6 is 12.2 Å². The van der Waals surface area contributed by atoms with Crippen molar-refractivity contribution in [2.45, 2.75) is 44.8 Å². The van der Waals surface area contributed by atoms with Gasteiger partial charge in [0.15, 0.2) is 11.6 Å². The van der Waals surface area contributed by atoms with E-state index in [1.807, 2.05) is 6.92 Å². The van der Waals surface area contributed by atoms with Crippen LogP contribution in [0.3, 0.4) is 0 Å². The Morgan fingerprint density at radius 2 is 1.95 bits per heavy atom. The molecule has 3 heterocycles. The lowest BCUT2D eigenvalue weighted by Crippen LogP contribution is -2.44. The number of carbonyl (C=O) groups excluding carboxylic acids is 1. The number of carbonyl (C=O) groups is 1. The smallest absolute Gasteiger partial charge is 0.322 e. The first-order valence-electron chi connectivity index (χ1n) is 11.9. The third-order valence-corrected chi connectivity index (χ3v) is 7.24. The van der Waals surface area contributed by atoms with Crippen molar-refractivity contribution >= 4 is 39.6 Å². The lowest BCUT2D eigenvalue weighted by atomic mass is 9.88. The van der Waals surface area contributed by atoms with E-state index in [1.54, 1.807) is 32.3 Å². The lowest BCUT2D eigenvalue weighted by Gasteiger charge is -2.32. The number of aromatic amines is 1. The molecule has 1 fully saturated rings. The molecule has 1 unspecified atom stereocenters. The van der Waals surface area contributed by atoms with Crippen molar-refractivity contribution in [3.63, 3.8) is 0 Å². The van der Waals surface area contributed by atoms with Gasteiger partial charge < -0.3 is 4.90 Å². The Hall–Kier alpha value is -4.24. The van der Waals surface area contributed by atoms with Gasteiger partial charge in [0, 0.05) is 29.3 Å². The molecule has 4 aromatic rings. The largest absolute Gasteiger partial charge is 0.417 e. The van der Waals surface area contributed by atoms with E-state index in [1.165, 1.54) is 23.1 Å². The molecule has 2 aromatic carbocycles. The number of ketones is 1. The summed E-state index contributed by atoms with van der Waals surface area (Å²) in [6.07, 6.45) is -1.19. The zero-order chi connectivity index (χ0) is 28.3. The topological polar surface area (TPSA) is 98.6 Å². The second-order valence-corrected chi connectivity index (χ2v) is 10.0. The highest BCUT2D eigenvalue weighted by atomic mass is 32.1. The third kappa shape index (κ3) is 4.23. The van der Waals surface area contributed by atoms with E-state index in [-0.39, 0.29) is 21.8 Å². The van der Waals surface area contributed by atoms with Crippen molar-refractivity contribution in [3.8, 4) is 17.3 Å². The van der Waals surface area contributed by atoms with E-state index in [0.29, 0.717) is 28.9 Å². The highest BCUT2D eigenvalue weighted by Gasteiger charge is 2.52. The molecule has 5 rings (SSSR count). The molecule has 0 aliphatic carbocycles. The van der Waals surface area contributed by atoms with Gasteiger partial charge in [-0.15, -0.1) is 0 Å². The SMILES string of the molecule is CCc1nc(-c2cn[nH]c2)c2cc(N3C(=S)C(c4ccc(C#N)c(C(F)(F)F)c4)C(=O)C3(C)C)cc(F)c2n1. The number of hydrogen-bond acceptors (Lipinski definition) is 6. The summed E-state index contributed by atoms with van der Waals surface area (Å²) in [5.74, 6) is -1.91. The summed E-state index contributed by atoms with van der Waals surface area (Å²) >= 11 is 5.66. The summed E-state index contributed by atoms with van der Waals surface area (Å²) in [7, 11) is 0. The number of thiocarbonyl (C=S) groups is 1. The highest BCUT2D eigenvalue weighted by molar-refractivity contribution is 7.80. The van der Waals surface area contributed by atoms with Gasteiger partial charge in [0.1, 0.15) is 11.3 Å². The Kier molecular flexibility index (Phi) is 6.22. The van der Waals surface area contributed by atoms with Gasteiger partial charge in [-0.1, -0.05) is 25.2 Å². The maximum atomic E-state index is 15.6. The number of benzene rings is 2. The standard InChI is InChI=1S/C27H20F4N6OS/c1-4-20-35-22(15-11-33-34-12-15)17-8-16(9-19(28)23(17)36-20)37-25(39)21(24(38)26(37,2)3)13-5-6-14(10-32)18(7-13)27(29,30)31/h5-9,11-12,21H,4H2,1-3H3,(H,33,34). The summed E-state index contributed by atoms with van der Waals surface area (Å²) in [6, 6.07) is 7.46. The first kappa shape index (κ1) is 26.4. The maximum absolute atomic E-state index is 15.6. The number of hydrogen-bond donors (Lipinski definition) is 1. The number of nitriles is 1. The quantitative estimate of drug-likeness (QED) is 0.249. The van der Waals surface area contributed by atoms with Gasteiger partial charge in [-0.3, -0.25) is 9.89 Å². The molecule has 0 saturated carbocycles. The van der Waals surface area contributed by atoms with Crippen molar-refractivity contribution in [1.29, 1.82) is 5.26 Å². The fourth-order valence-corrected chi connectivity index (χ4v) is 5.48. The van der Waals surface area contributed by atoms with Crippen LogP contribution in [0, 0.1) is 17.1 Å². The average Bonchev–Trinajstić information content (AvgIpc) is 3.48. The van der Waals surface area contributed by atoms with E-state index in [2.05, 4.69) is 20.2 Å². The number of anilines is 1. The van der Waals surface area contributed by atoms with E-state index in [0.717, 1.165) is 12.1 Å². The van der Waals surface area contributed by atoms with E-state index in [9.17, 15) is 18.0 Å². The molecule has 1 N–H and O–H groups in total. The Balaban J connectivity index is 1.67. The molecule has 1 aliphatic rings. The Morgan fingerprint density at radius 1 is 1.21 bits per heavy atom. The monoisotopic (exact) mass is 552 g/mol. The number of rotatable bonds is 4. The van der Waals surface area contributed by atoms with Crippen molar-refractivity contribution in [3.05, 3.63) is 71.1 Å². The number of aryl methyl sites for hydroxylation is 1. The van der Waals surface area contributed by atoms with Gasteiger partial charge >= 0.3 is 6.18 Å². The van der Waals surface area contributed by atoms with E-state index < -0.39 is 40.4 Å². The van der Waals surface area contributed by atoms with Gasteiger partial charge in [-0.05, 0) is 43.7 Å². The van der Waals surface area contributed by atoms with Crippen LogP contribution in [0.1, 0.15) is 49.2 Å². The summed E-state index contributed by atoms with van der Waals surface area (Å²) in [4.78, 5) is 24.0. The Labute approximate surface area is 225 Å². The lowest BCUT2D eigenvalue weighted by molar-refractivity contribution is -0.138. The van der Waals surface area contributed by atoms with Crippen LogP contribution in [-0.4, -0.2) is 36.5 Å². The normalized spacial score (nSPS) is 17.2. The molecule has 0 radical (unpaired) electrons. The maximum Gasteiger partial charge on any atom is 0.417 e. The number of nitrogens with one attached hydrogen (secondary N) is 1. The number of halogens is 4. The van der Waals surface area contributed by atoms with Gasteiger partial charge in [0.2, 0.25) is 0 Å². The number of alkyl halides is 3. The zero-order valence-electron chi connectivity index (χ0n) is 20.9. The number of nitrogens with zero attached hydrogens (tertiary/aromatic N) is 5. The van der Waals surface area contributed by atoms with Crippen LogP contribution in [-0.2, 0) is 17.4 Å². The average molecular weight is 553 g/mol. The molecule has 0 spiro atoms. The number of fused-ring (bicyclic) bond motifs is 1. The molecule has 1 atom stereocenters. The van der Waals surface area contributed by atoms with Gasteiger partial charge in [-0.25, -0.2) is 14.4 Å². The Bertz CT molecular complexity index is 1690. The van der Waals surface area contributed by atoms with Crippen LogP contribution in [0.15, 0.2) is 42.7 Å². The van der Waals surface area contributed by atoms with Crippen molar-refractivity contribution in [1.82, 2.24) is 20.2 Å². The Morgan fingerprint density at radius 3 is 2.56 bits per heavy atom. The minimum Gasteiger partial charge on any atom is -0.322 e. The van der Waals surface area contributed by atoms with E-state index >= 15 is 4.39 Å². The minimum absolute atomic E-state index is 0.00293. The summed E-state index contributed by atoms with van der Waals surface area (Å²) in [5, 5.41) is 16.2. The predicted molar refractivity (Wildman–Crippen MR) is 140 cm³/mol. The molecular weight excluding hydrogens is 532 g/mol. The van der Waals surface area contributed by atoms with Crippen molar-refractivity contribution < 1.29 is 22.4 Å². The number of Topliss-reactive ketones (excluding diaryl/α,β-unsaturated/α-hetero) is 1. The molecular formula is C27H20F4N6OS. The molecule has 12 heteroatoms. The molecule has 198 valence electrons. The second kappa shape index (κ2) is 9.20. The molecule has 39 heavy (non-hydrogen) atoms. The van der Waals surface area contributed by atoms with Gasteiger partial charge in [-0.2, -0.15) is 23.5 Å². The van der Waals surface area contributed by atoms with Crippen LogP contribution in [0.2, 0.25) is 0 Å². The molecule has 1 aliphatic heterocycles. The fraction of sp³-hybridized carbons (Fsp3) is 0.259. The van der Waals surface area contributed by atoms with Crippen LogP contribution in [0.25, 0.3) is 22.2 Å². The van der Waals surface area contributed by atoms with Crippen molar-refractivity contribution in [2.75, 3.05) is 4.90 Å². The molecule has 2 aromatic heterocycles. The highest BCUT2D eigenvalue weighted by Crippen LogP contribution is 2.44. The number of H-pyrrole nitrogens is 1. The van der Waals surface area contributed by atoms with Gasteiger partial charge in [0.25, 0.3) is 0 Å². The van der Waals surface area contributed by atoms with E-state index in [4.69, 9.17) is 17.5 Å². The summed E-state index contributed by atoms with van der Waals surface area (Å²) in [6.45, 7) is 4.99. The predicted octanol–water partition coefficient (Wildman–Crippen LogP) is 5.89. The minimum atomic E-state index is -4.80. The molecule has 0 bridgehead atoms. The van der Waals surface area contributed by atoms with Crippen LogP contribution < -0.4 is 4.90 Å². The van der Waals surface area contributed by atoms with Crippen LogP contribution in [0.5, 0.6) is 0 Å². The zero-order valence-corrected chi connectivity index (χ0v) is 21.7. The second-order valence-electron chi connectivity index (χ2n) is 9.60. The molecule has 0 amide bonds. The first-order valence-corrected chi connectivity index (χ1v) is 12.3. The summed E-state index contributed by atoms with van der Waals surface area (Å²) in [5.41, 5.74) is -1.70. The first-order chi connectivity index (χ1) is 18.4. The van der Waals surface area contributed by atoms with Crippen LogP contribution in [0.4, 0.5) is 23.2 Å². The third-order valence-electron chi connectivity index (χ3n) is 6.83. The fourth-order valence-electron chi connectivity index (χ4n) is 4.91. The molecule has 7 nitrogen and oxygen atoms in total. The number of aromatic nitrogens is 4. The molecule has 1 saturated heterocycles.